The number of nitrogens with two attached hydrogens (primary N) is 1. The lowest BCUT2D eigenvalue weighted by Gasteiger charge is -2.14. The van der Waals surface area contributed by atoms with Gasteiger partial charge in [-0.3, -0.25) is 14.6 Å². The molecule has 1 fully saturated rings. The second kappa shape index (κ2) is 12.6. The van der Waals surface area contributed by atoms with Crippen LogP contribution in [0.25, 0.3) is 10.9 Å². The summed E-state index contributed by atoms with van der Waals surface area (Å²) < 4.78 is 31.3. The Hall–Kier alpha value is -4.07. The predicted octanol–water partition coefficient (Wildman–Crippen LogP) is 5.65. The number of methoxy groups -OCH3 is 1. The average Bonchev–Trinajstić information content (AvgIpc) is 3.41. The number of H-pyrrole nitrogens is 1. The van der Waals surface area contributed by atoms with Gasteiger partial charge in [-0.05, 0) is 37.8 Å². The van der Waals surface area contributed by atoms with Crippen LogP contribution in [-0.4, -0.2) is 23.0 Å². The molecule has 188 valence electrons. The third-order valence-electron chi connectivity index (χ3n) is 5.92. The van der Waals surface area contributed by atoms with Gasteiger partial charge in [0.05, 0.1) is 18.0 Å². The van der Waals surface area contributed by atoms with Gasteiger partial charge in [-0.15, -0.1) is 0 Å². The van der Waals surface area contributed by atoms with Gasteiger partial charge < -0.3 is 15.5 Å². The number of pyridine rings is 2. The molecule has 5 rings (SSSR count). The summed E-state index contributed by atoms with van der Waals surface area (Å²) in [6, 6.07) is 16.0. The fourth-order valence-electron chi connectivity index (χ4n) is 4.16. The van der Waals surface area contributed by atoms with Crippen LogP contribution in [0, 0.1) is 18.6 Å². The van der Waals surface area contributed by atoms with Crippen molar-refractivity contribution in [3.05, 3.63) is 106 Å². The Balaban J connectivity index is 0.000000160. The fourth-order valence-corrected chi connectivity index (χ4v) is 4.16. The highest BCUT2D eigenvalue weighted by molar-refractivity contribution is 6.03. The number of hydrogen-bond donors (Lipinski definition) is 2. The molecule has 1 saturated carbocycles. The number of fused-ring (bicyclic) bond motifs is 1. The molecular formula is C28H29F2N3O3. The molecule has 0 bridgehead atoms. The highest BCUT2D eigenvalue weighted by Crippen LogP contribution is 2.40. The molecule has 2 aromatic carbocycles. The number of hydrogen-bond acceptors (Lipinski definition) is 4. The number of carbonyl (C=O) groups excluding carboxylic acids is 1. The first-order valence-corrected chi connectivity index (χ1v) is 11.6. The third kappa shape index (κ3) is 6.53. The molecule has 0 radical (unpaired) electrons. The summed E-state index contributed by atoms with van der Waals surface area (Å²) in [6.45, 7) is 2.08. The van der Waals surface area contributed by atoms with Crippen molar-refractivity contribution in [3.63, 3.8) is 0 Å². The van der Waals surface area contributed by atoms with E-state index in [2.05, 4.69) is 29.0 Å². The van der Waals surface area contributed by atoms with Crippen LogP contribution in [0.1, 0.15) is 53.2 Å². The van der Waals surface area contributed by atoms with Crippen LogP contribution >= 0.6 is 0 Å². The van der Waals surface area contributed by atoms with E-state index in [9.17, 15) is 18.4 Å². The number of amides is 1. The second-order valence-corrected chi connectivity index (χ2v) is 8.41. The maximum atomic E-state index is 13.4. The van der Waals surface area contributed by atoms with Gasteiger partial charge in [0.15, 0.2) is 17.0 Å². The van der Waals surface area contributed by atoms with Crippen molar-refractivity contribution in [1.82, 2.24) is 9.97 Å². The molecule has 1 aliphatic carbocycles. The van der Waals surface area contributed by atoms with Crippen molar-refractivity contribution in [2.75, 3.05) is 7.11 Å². The molecule has 0 saturated heterocycles. The number of halogens is 2. The smallest absolute Gasteiger partial charge is 0.268 e. The van der Waals surface area contributed by atoms with Gasteiger partial charge in [-0.25, -0.2) is 4.39 Å². The van der Waals surface area contributed by atoms with E-state index in [4.69, 9.17) is 10.5 Å². The zero-order valence-corrected chi connectivity index (χ0v) is 20.3. The van der Waals surface area contributed by atoms with Gasteiger partial charge >= 0.3 is 0 Å². The molecule has 2 aromatic heterocycles. The van der Waals surface area contributed by atoms with Crippen LogP contribution in [0.3, 0.4) is 0 Å². The lowest BCUT2D eigenvalue weighted by molar-refractivity contribution is 0.0997. The summed E-state index contributed by atoms with van der Waals surface area (Å²) in [5.41, 5.74) is 7.53. The highest BCUT2D eigenvalue weighted by Gasteiger charge is 2.23. The molecule has 1 amide bonds. The minimum Gasteiger partial charge on any atom is -0.493 e. The molecule has 0 aliphatic heterocycles. The summed E-state index contributed by atoms with van der Waals surface area (Å²) in [6.07, 6.45) is 7.34. The number of aryl methyl sites for hydroxylation is 1. The van der Waals surface area contributed by atoms with Crippen molar-refractivity contribution >= 4 is 16.8 Å². The molecular weight excluding hydrogens is 464 g/mol. The zero-order chi connectivity index (χ0) is 26.1. The number of aromatic amines is 1. The van der Waals surface area contributed by atoms with E-state index in [-0.39, 0.29) is 22.3 Å². The van der Waals surface area contributed by atoms with Crippen LogP contribution < -0.4 is 15.9 Å². The van der Waals surface area contributed by atoms with E-state index in [0.717, 1.165) is 31.2 Å². The molecule has 8 heteroatoms. The first-order valence-electron chi connectivity index (χ1n) is 11.6. The maximum absolute atomic E-state index is 13.4. The molecule has 0 atom stereocenters. The van der Waals surface area contributed by atoms with Crippen LogP contribution in [0.15, 0.2) is 71.8 Å². The van der Waals surface area contributed by atoms with Gasteiger partial charge in [0.2, 0.25) is 5.82 Å². The number of carbonyl (C=O) groups is 1. The van der Waals surface area contributed by atoms with Crippen LogP contribution in [0.5, 0.6) is 5.75 Å². The Morgan fingerprint density at radius 3 is 2.33 bits per heavy atom. The molecule has 1 aliphatic rings. The second-order valence-electron chi connectivity index (χ2n) is 8.41. The van der Waals surface area contributed by atoms with Gasteiger partial charge in [0, 0.05) is 24.0 Å². The lowest BCUT2D eigenvalue weighted by Crippen LogP contribution is -2.17. The minimum atomic E-state index is -0.859. The molecule has 6 nitrogen and oxygen atoms in total. The third-order valence-corrected chi connectivity index (χ3v) is 5.92. The van der Waals surface area contributed by atoms with Gasteiger partial charge in [-0.2, -0.15) is 4.39 Å². The molecule has 2 heterocycles. The van der Waals surface area contributed by atoms with Gasteiger partial charge in [-0.1, -0.05) is 54.8 Å². The standard InChI is InChI=1S/C12H14F2O.C9H7N3O2.C7H8/c1-15-12-9(8-4-2-3-5-8)6-7-10(13)11(12)14;10-9(14)8-7-5(1-3-12-8)11-4-2-6(7)13;1-7-5-3-2-4-6-7/h6-8H,2-5H2,1H3;1-4H,(H2,10,14)(H,11,13);2-6H,1H3. The molecule has 4 aromatic rings. The SMILES string of the molecule is COc1c(C2CCCC2)ccc(F)c1F.Cc1ccccc1.NC(=O)c1nccc2[nH]ccc(=O)c12. The van der Waals surface area contributed by atoms with Crippen molar-refractivity contribution in [1.29, 1.82) is 0 Å². The fraction of sp³-hybridized carbons (Fsp3) is 0.250. The van der Waals surface area contributed by atoms with Gasteiger partial charge in [0.1, 0.15) is 5.69 Å². The summed E-state index contributed by atoms with van der Waals surface area (Å²) in [4.78, 5) is 29.0. The van der Waals surface area contributed by atoms with Crippen molar-refractivity contribution in [3.8, 4) is 5.75 Å². The van der Waals surface area contributed by atoms with Gasteiger partial charge in [0.25, 0.3) is 5.91 Å². The van der Waals surface area contributed by atoms with Crippen LogP contribution in [0.2, 0.25) is 0 Å². The number of rotatable bonds is 3. The Labute approximate surface area is 208 Å². The molecule has 36 heavy (non-hydrogen) atoms. The van der Waals surface area contributed by atoms with E-state index in [1.54, 1.807) is 12.1 Å². The van der Waals surface area contributed by atoms with E-state index in [1.807, 2.05) is 18.2 Å². The van der Waals surface area contributed by atoms with Crippen LogP contribution in [0.4, 0.5) is 8.78 Å². The summed E-state index contributed by atoms with van der Waals surface area (Å²) in [7, 11) is 1.39. The van der Waals surface area contributed by atoms with E-state index in [1.165, 1.54) is 37.2 Å². The topological polar surface area (TPSA) is 98.1 Å². The molecule has 3 N–H and O–H groups in total. The Kier molecular flexibility index (Phi) is 9.27. The quantitative estimate of drug-likeness (QED) is 0.385. The number of benzene rings is 2. The van der Waals surface area contributed by atoms with Crippen molar-refractivity contribution < 1.29 is 18.3 Å². The largest absolute Gasteiger partial charge is 0.493 e. The minimum absolute atomic E-state index is 0.00403. The normalized spacial score (nSPS) is 12.8. The first-order chi connectivity index (χ1) is 17.3. The van der Waals surface area contributed by atoms with Crippen molar-refractivity contribution in [2.24, 2.45) is 5.73 Å². The zero-order valence-electron chi connectivity index (χ0n) is 20.3. The Morgan fingerprint density at radius 2 is 1.75 bits per heavy atom. The predicted molar refractivity (Wildman–Crippen MR) is 136 cm³/mol. The first kappa shape index (κ1) is 26.5. The number of ether oxygens (including phenoxy) is 1. The maximum Gasteiger partial charge on any atom is 0.268 e. The number of aromatic nitrogens is 2. The van der Waals surface area contributed by atoms with Crippen molar-refractivity contribution in [2.45, 2.75) is 38.5 Å². The number of nitrogens with one attached hydrogen (secondary N) is 1. The Morgan fingerprint density at radius 1 is 1.06 bits per heavy atom. The number of primary amides is 1. The number of nitrogens with zero attached hydrogens (tertiary/aromatic N) is 1. The van der Waals surface area contributed by atoms with E-state index >= 15 is 0 Å². The Bertz CT molecular complexity index is 1360. The highest BCUT2D eigenvalue weighted by atomic mass is 19.2. The summed E-state index contributed by atoms with van der Waals surface area (Å²) >= 11 is 0. The lowest BCUT2D eigenvalue weighted by atomic mass is 9.96. The van der Waals surface area contributed by atoms with E-state index < -0.39 is 17.5 Å². The molecule has 0 spiro atoms. The monoisotopic (exact) mass is 493 g/mol. The summed E-state index contributed by atoms with van der Waals surface area (Å²) in [5, 5.41) is 0.238. The molecule has 0 unspecified atom stereocenters. The van der Waals surface area contributed by atoms with Crippen LogP contribution in [-0.2, 0) is 0 Å². The summed E-state index contributed by atoms with van der Waals surface area (Å²) in [5.74, 6) is -1.99. The average molecular weight is 494 g/mol. The van der Waals surface area contributed by atoms with E-state index in [0.29, 0.717) is 11.4 Å².